The number of anilines is 1. The van der Waals surface area contributed by atoms with E-state index in [9.17, 15) is 9.59 Å². The van der Waals surface area contributed by atoms with Gasteiger partial charge in [-0.15, -0.1) is 0 Å². The van der Waals surface area contributed by atoms with E-state index in [1.54, 1.807) is 30.3 Å². The number of benzene rings is 3. The maximum absolute atomic E-state index is 12.8. The van der Waals surface area contributed by atoms with Crippen LogP contribution in [0.3, 0.4) is 0 Å². The van der Waals surface area contributed by atoms with E-state index in [0.29, 0.717) is 17.3 Å². The molecular weight excluding hydrogens is 768 g/mol. The first kappa shape index (κ1) is 23.8. The molecule has 1 aliphatic rings. The Bertz CT molecular complexity index is 1210. The average Bonchev–Trinajstić information content (AvgIpc) is 3.02. The average molecular weight is 783 g/mol. The van der Waals surface area contributed by atoms with Gasteiger partial charge in [0.05, 0.1) is 12.8 Å². The summed E-state index contributed by atoms with van der Waals surface area (Å²) in [5.74, 6) is 0.373. The van der Waals surface area contributed by atoms with E-state index < -0.39 is 11.9 Å². The van der Waals surface area contributed by atoms with E-state index in [1.165, 1.54) is 3.57 Å². The molecule has 0 spiro atoms. The maximum atomic E-state index is 12.8. The van der Waals surface area contributed by atoms with E-state index in [4.69, 9.17) is 16.3 Å². The lowest BCUT2D eigenvalue weighted by Crippen LogP contribution is -2.30. The fourth-order valence-corrected chi connectivity index (χ4v) is 5.68. The Labute approximate surface area is 231 Å². The number of urea groups is 1. The molecule has 0 bridgehead atoms. The molecule has 1 saturated heterocycles. The van der Waals surface area contributed by atoms with Gasteiger partial charge in [-0.25, -0.2) is 9.69 Å². The number of nitrogens with zero attached hydrogens (tertiary/aromatic N) is 1. The van der Waals surface area contributed by atoms with Gasteiger partial charge in [0.15, 0.2) is 0 Å². The van der Waals surface area contributed by atoms with Crippen LogP contribution in [0.1, 0.15) is 11.1 Å². The molecule has 0 atom stereocenters. The van der Waals surface area contributed by atoms with Gasteiger partial charge in [0.1, 0.15) is 18.1 Å². The molecular formula is C23H14ClI3N2O3. The molecule has 0 radical (unpaired) electrons. The molecule has 3 amide bonds. The molecule has 1 aliphatic heterocycles. The standard InChI is InChI=1S/C23H14ClI3N2O3/c24-15-3-7-17(8-4-15)29-22(30)20(28-23(29)31)11-14-9-18(26)21(19(27)10-14)32-12-13-1-5-16(25)6-2-13/h1-11H,12H2,(H,28,31)/b20-11+. The van der Waals surface area contributed by atoms with Gasteiger partial charge in [-0.3, -0.25) is 4.79 Å². The first-order chi connectivity index (χ1) is 15.3. The van der Waals surface area contributed by atoms with Crippen LogP contribution < -0.4 is 15.0 Å². The van der Waals surface area contributed by atoms with Gasteiger partial charge >= 0.3 is 6.03 Å². The fraction of sp³-hybridized carbons (Fsp3) is 0.0435. The van der Waals surface area contributed by atoms with Crippen molar-refractivity contribution in [3.8, 4) is 5.75 Å². The second-order valence-corrected chi connectivity index (χ2v) is 10.8. The van der Waals surface area contributed by atoms with Crippen LogP contribution in [0.5, 0.6) is 5.75 Å². The van der Waals surface area contributed by atoms with Gasteiger partial charge in [0.2, 0.25) is 0 Å². The number of nitrogens with one attached hydrogen (secondary N) is 1. The van der Waals surface area contributed by atoms with E-state index in [-0.39, 0.29) is 5.70 Å². The quantitative estimate of drug-likeness (QED) is 0.176. The second kappa shape index (κ2) is 10.3. The zero-order valence-electron chi connectivity index (χ0n) is 16.2. The lowest BCUT2D eigenvalue weighted by Gasteiger charge is -2.12. The predicted molar refractivity (Wildman–Crippen MR) is 151 cm³/mol. The number of amides is 3. The topological polar surface area (TPSA) is 58.6 Å². The minimum absolute atomic E-state index is 0.212. The largest absolute Gasteiger partial charge is 0.487 e. The third kappa shape index (κ3) is 5.39. The molecule has 32 heavy (non-hydrogen) atoms. The normalized spacial score (nSPS) is 14.8. The van der Waals surface area contributed by atoms with Crippen molar-refractivity contribution in [1.29, 1.82) is 0 Å². The van der Waals surface area contributed by atoms with Gasteiger partial charge in [-0.2, -0.15) is 0 Å². The number of carbonyl (C=O) groups excluding carboxylic acids is 2. The fourth-order valence-electron chi connectivity index (χ4n) is 3.06. The van der Waals surface area contributed by atoms with E-state index in [0.717, 1.165) is 28.9 Å². The monoisotopic (exact) mass is 782 g/mol. The lowest BCUT2D eigenvalue weighted by atomic mass is 10.1. The molecule has 3 aromatic rings. The highest BCUT2D eigenvalue weighted by molar-refractivity contribution is 14.1. The Morgan fingerprint density at radius 1 is 0.938 bits per heavy atom. The van der Waals surface area contributed by atoms with Crippen molar-refractivity contribution in [2.24, 2.45) is 0 Å². The Hall–Kier alpha value is -1.38. The number of ether oxygens (including phenoxy) is 1. The molecule has 162 valence electrons. The van der Waals surface area contributed by atoms with Crippen LogP contribution in [0.25, 0.3) is 6.08 Å². The molecule has 3 aromatic carbocycles. The Balaban J connectivity index is 1.54. The van der Waals surface area contributed by atoms with E-state index in [1.807, 2.05) is 36.4 Å². The third-order valence-corrected chi connectivity index (χ3v) is 7.16. The van der Waals surface area contributed by atoms with Crippen LogP contribution in [0.15, 0.2) is 66.4 Å². The SMILES string of the molecule is O=C1N/C(=C/c2cc(I)c(OCc3ccc(I)cc3)c(I)c2)C(=O)N1c1ccc(Cl)cc1. The van der Waals surface area contributed by atoms with Gasteiger partial charge in [-0.1, -0.05) is 23.7 Å². The van der Waals surface area contributed by atoms with Crippen molar-refractivity contribution in [1.82, 2.24) is 5.32 Å². The zero-order chi connectivity index (χ0) is 22.8. The van der Waals surface area contributed by atoms with Crippen LogP contribution in [0, 0.1) is 10.7 Å². The summed E-state index contributed by atoms with van der Waals surface area (Å²) in [6, 6.07) is 18.1. The summed E-state index contributed by atoms with van der Waals surface area (Å²) in [5.41, 5.74) is 2.56. The molecule has 4 rings (SSSR count). The molecule has 0 aliphatic carbocycles. The molecule has 0 saturated carbocycles. The predicted octanol–water partition coefficient (Wildman–Crippen LogP) is 6.83. The van der Waals surface area contributed by atoms with Crippen LogP contribution in [-0.4, -0.2) is 11.9 Å². The number of hydrogen-bond donors (Lipinski definition) is 1. The maximum Gasteiger partial charge on any atom is 0.333 e. The van der Waals surface area contributed by atoms with E-state index in [2.05, 4.69) is 73.1 Å². The van der Waals surface area contributed by atoms with Gasteiger partial charge in [0.25, 0.3) is 5.91 Å². The number of imide groups is 1. The molecule has 9 heteroatoms. The highest BCUT2D eigenvalue weighted by atomic mass is 127. The number of hydrogen-bond acceptors (Lipinski definition) is 3. The molecule has 1 N–H and O–H groups in total. The molecule has 1 heterocycles. The Morgan fingerprint density at radius 3 is 2.19 bits per heavy atom. The molecule has 0 unspecified atom stereocenters. The van der Waals surface area contributed by atoms with Crippen molar-refractivity contribution in [2.75, 3.05) is 4.90 Å². The van der Waals surface area contributed by atoms with Gasteiger partial charge in [-0.05, 0) is 134 Å². The first-order valence-electron chi connectivity index (χ1n) is 9.31. The van der Waals surface area contributed by atoms with Crippen molar-refractivity contribution < 1.29 is 14.3 Å². The van der Waals surface area contributed by atoms with Gasteiger partial charge < -0.3 is 10.1 Å². The highest BCUT2D eigenvalue weighted by Gasteiger charge is 2.34. The van der Waals surface area contributed by atoms with Crippen LogP contribution >= 0.6 is 79.4 Å². The number of rotatable bonds is 5. The summed E-state index contributed by atoms with van der Waals surface area (Å²) in [6.45, 7) is 0.466. The minimum atomic E-state index is -0.495. The summed E-state index contributed by atoms with van der Waals surface area (Å²) < 4.78 is 9.05. The van der Waals surface area contributed by atoms with Crippen LogP contribution in [-0.2, 0) is 11.4 Å². The highest BCUT2D eigenvalue weighted by Crippen LogP contribution is 2.31. The summed E-state index contributed by atoms with van der Waals surface area (Å²) in [7, 11) is 0. The second-order valence-electron chi connectivity index (χ2n) is 6.83. The molecule has 5 nitrogen and oxygen atoms in total. The summed E-state index contributed by atoms with van der Waals surface area (Å²) in [5, 5.41) is 3.18. The third-order valence-electron chi connectivity index (χ3n) is 4.59. The van der Waals surface area contributed by atoms with Crippen LogP contribution in [0.2, 0.25) is 5.02 Å². The number of halogens is 4. The van der Waals surface area contributed by atoms with E-state index >= 15 is 0 Å². The number of carbonyl (C=O) groups is 2. The molecule has 1 fully saturated rings. The van der Waals surface area contributed by atoms with Crippen molar-refractivity contribution in [3.63, 3.8) is 0 Å². The first-order valence-corrected chi connectivity index (χ1v) is 12.9. The van der Waals surface area contributed by atoms with Crippen molar-refractivity contribution in [3.05, 3.63) is 93.2 Å². The van der Waals surface area contributed by atoms with Crippen molar-refractivity contribution >= 4 is 103 Å². The minimum Gasteiger partial charge on any atom is -0.487 e. The molecule has 0 aromatic heterocycles. The Morgan fingerprint density at radius 2 is 1.56 bits per heavy atom. The smallest absolute Gasteiger partial charge is 0.333 e. The zero-order valence-corrected chi connectivity index (χ0v) is 23.5. The summed E-state index contributed by atoms with van der Waals surface area (Å²) >= 11 is 12.6. The lowest BCUT2D eigenvalue weighted by molar-refractivity contribution is -0.113. The van der Waals surface area contributed by atoms with Crippen molar-refractivity contribution in [2.45, 2.75) is 6.61 Å². The summed E-state index contributed by atoms with van der Waals surface area (Å²) in [6.07, 6.45) is 1.67. The summed E-state index contributed by atoms with van der Waals surface area (Å²) in [4.78, 5) is 26.3. The van der Waals surface area contributed by atoms with Crippen LogP contribution in [0.4, 0.5) is 10.5 Å². The van der Waals surface area contributed by atoms with Gasteiger partial charge in [0, 0.05) is 8.59 Å². The Kier molecular flexibility index (Phi) is 7.62.